The summed E-state index contributed by atoms with van der Waals surface area (Å²) in [6.07, 6.45) is 4.41. The maximum Gasteiger partial charge on any atom is 0.410 e. The number of hydrogen-bond donors (Lipinski definition) is 1. The number of nitrogens with two attached hydrogens (primary N) is 1. The number of anilines is 1. The van der Waals surface area contributed by atoms with Gasteiger partial charge < -0.3 is 10.5 Å². The predicted molar refractivity (Wildman–Crippen MR) is 73.6 cm³/mol. The van der Waals surface area contributed by atoms with Crippen LogP contribution in [-0.2, 0) is 4.74 Å². The Morgan fingerprint density at radius 1 is 1.21 bits per heavy atom. The monoisotopic (exact) mass is 260 g/mol. The molecule has 0 spiro atoms. The van der Waals surface area contributed by atoms with Gasteiger partial charge in [0.2, 0.25) is 0 Å². The molecule has 2 bridgehead atoms. The first-order valence-corrected chi connectivity index (χ1v) is 6.92. The van der Waals surface area contributed by atoms with Crippen molar-refractivity contribution in [2.24, 2.45) is 5.92 Å². The molecule has 1 atom stereocenters. The maximum absolute atomic E-state index is 12.1. The summed E-state index contributed by atoms with van der Waals surface area (Å²) in [5.74, 6) is 0.549. The minimum atomic E-state index is -0.198. The van der Waals surface area contributed by atoms with Gasteiger partial charge in [0.05, 0.1) is 13.2 Å². The van der Waals surface area contributed by atoms with E-state index in [4.69, 9.17) is 10.5 Å². The van der Waals surface area contributed by atoms with Gasteiger partial charge in [0, 0.05) is 11.7 Å². The molecule has 1 aromatic carbocycles. The van der Waals surface area contributed by atoms with E-state index < -0.39 is 0 Å². The summed E-state index contributed by atoms with van der Waals surface area (Å²) >= 11 is 0. The lowest BCUT2D eigenvalue weighted by molar-refractivity contribution is -0.00810. The molecular weight excluding hydrogens is 240 g/mol. The van der Waals surface area contributed by atoms with Crippen molar-refractivity contribution >= 4 is 11.8 Å². The van der Waals surface area contributed by atoms with Crippen LogP contribution in [0.15, 0.2) is 24.3 Å². The largest absolute Gasteiger partial charge is 0.453 e. The summed E-state index contributed by atoms with van der Waals surface area (Å²) in [7, 11) is 1.46. The van der Waals surface area contributed by atoms with Crippen molar-refractivity contribution in [2.45, 2.75) is 37.8 Å². The Kier molecular flexibility index (Phi) is 3.09. The molecule has 102 valence electrons. The number of amides is 1. The van der Waals surface area contributed by atoms with Gasteiger partial charge in [-0.3, -0.25) is 4.90 Å². The third-order valence-electron chi connectivity index (χ3n) is 4.54. The highest BCUT2D eigenvalue weighted by molar-refractivity contribution is 5.69. The number of piperidine rings is 2. The highest BCUT2D eigenvalue weighted by Gasteiger charge is 2.45. The van der Waals surface area contributed by atoms with Crippen molar-refractivity contribution < 1.29 is 9.53 Å². The molecule has 2 N–H and O–H groups in total. The summed E-state index contributed by atoms with van der Waals surface area (Å²) in [4.78, 5) is 14.0. The summed E-state index contributed by atoms with van der Waals surface area (Å²) < 4.78 is 4.98. The number of methoxy groups -OCH3 is 1. The van der Waals surface area contributed by atoms with Crippen molar-refractivity contribution in [2.75, 3.05) is 12.8 Å². The van der Waals surface area contributed by atoms with E-state index in [1.807, 2.05) is 29.2 Å². The number of nitrogen functional groups attached to an aromatic ring is 1. The van der Waals surface area contributed by atoms with E-state index in [0.717, 1.165) is 18.5 Å². The van der Waals surface area contributed by atoms with Gasteiger partial charge in [-0.15, -0.1) is 0 Å². The van der Waals surface area contributed by atoms with E-state index in [2.05, 4.69) is 0 Å². The minimum Gasteiger partial charge on any atom is -0.453 e. The van der Waals surface area contributed by atoms with Crippen molar-refractivity contribution in [1.82, 2.24) is 4.90 Å². The van der Waals surface area contributed by atoms with E-state index in [9.17, 15) is 4.79 Å². The average Bonchev–Trinajstić information content (AvgIpc) is 2.47. The SMILES string of the molecule is COC(=O)N1C2CCC(CC2)C1c1ccc(N)cc1. The average molecular weight is 260 g/mol. The first kappa shape index (κ1) is 12.3. The Labute approximate surface area is 113 Å². The molecule has 2 heterocycles. The van der Waals surface area contributed by atoms with E-state index in [1.165, 1.54) is 25.5 Å². The van der Waals surface area contributed by atoms with Crippen LogP contribution in [0.4, 0.5) is 10.5 Å². The van der Waals surface area contributed by atoms with E-state index >= 15 is 0 Å². The Balaban J connectivity index is 1.96. The van der Waals surface area contributed by atoms with Gasteiger partial charge in [-0.25, -0.2) is 4.79 Å². The Morgan fingerprint density at radius 3 is 2.42 bits per heavy atom. The number of nitrogens with zero attached hydrogens (tertiary/aromatic N) is 1. The van der Waals surface area contributed by atoms with Crippen LogP contribution in [0.2, 0.25) is 0 Å². The molecule has 1 unspecified atom stereocenters. The topological polar surface area (TPSA) is 55.6 Å². The zero-order valence-corrected chi connectivity index (χ0v) is 11.2. The second-order valence-corrected chi connectivity index (χ2v) is 5.56. The fourth-order valence-electron chi connectivity index (χ4n) is 3.64. The van der Waals surface area contributed by atoms with Gasteiger partial charge in [-0.2, -0.15) is 0 Å². The van der Waals surface area contributed by atoms with Crippen molar-refractivity contribution in [3.8, 4) is 0 Å². The standard InChI is InChI=1S/C15H20N2O2/c1-19-15(18)17-13-8-4-11(5-9-13)14(17)10-2-6-12(16)7-3-10/h2-3,6-7,11,13-14H,4-5,8-9,16H2,1H3. The molecule has 19 heavy (non-hydrogen) atoms. The summed E-state index contributed by atoms with van der Waals surface area (Å²) in [6.45, 7) is 0. The van der Waals surface area contributed by atoms with Gasteiger partial charge in [0.15, 0.2) is 0 Å². The molecule has 3 aliphatic rings. The summed E-state index contributed by atoms with van der Waals surface area (Å²) in [5.41, 5.74) is 7.68. The summed E-state index contributed by atoms with van der Waals surface area (Å²) in [5, 5.41) is 0. The highest BCUT2D eigenvalue weighted by atomic mass is 16.5. The van der Waals surface area contributed by atoms with Crippen LogP contribution >= 0.6 is 0 Å². The number of carbonyl (C=O) groups excluding carboxylic acids is 1. The fraction of sp³-hybridized carbons (Fsp3) is 0.533. The van der Waals surface area contributed by atoms with Gasteiger partial charge >= 0.3 is 6.09 Å². The molecule has 2 saturated heterocycles. The number of ether oxygens (including phenoxy) is 1. The smallest absolute Gasteiger partial charge is 0.410 e. The molecule has 1 aliphatic carbocycles. The lowest BCUT2D eigenvalue weighted by atomic mass is 9.72. The summed E-state index contributed by atoms with van der Waals surface area (Å²) in [6, 6.07) is 8.38. The molecule has 4 rings (SSSR count). The van der Waals surface area contributed by atoms with Gasteiger partial charge in [-0.05, 0) is 49.3 Å². The number of carbonyl (C=O) groups is 1. The molecule has 4 nitrogen and oxygen atoms in total. The first-order valence-electron chi connectivity index (χ1n) is 6.92. The van der Waals surface area contributed by atoms with Crippen LogP contribution in [0, 0.1) is 5.92 Å². The Bertz CT molecular complexity index is 464. The third kappa shape index (κ3) is 2.05. The molecule has 1 amide bonds. The van der Waals surface area contributed by atoms with Gasteiger partial charge in [-0.1, -0.05) is 12.1 Å². The number of rotatable bonds is 1. The number of fused-ring (bicyclic) bond motifs is 3. The molecule has 1 saturated carbocycles. The quantitative estimate of drug-likeness (QED) is 0.790. The number of benzene rings is 1. The molecule has 1 aromatic rings. The number of hydrogen-bond acceptors (Lipinski definition) is 3. The zero-order valence-electron chi connectivity index (χ0n) is 11.2. The lowest BCUT2D eigenvalue weighted by Gasteiger charge is -2.50. The van der Waals surface area contributed by atoms with Crippen molar-refractivity contribution in [1.29, 1.82) is 0 Å². The van der Waals surface area contributed by atoms with Crippen LogP contribution in [0.3, 0.4) is 0 Å². The van der Waals surface area contributed by atoms with Crippen LogP contribution in [0.25, 0.3) is 0 Å². The lowest BCUT2D eigenvalue weighted by Crippen LogP contribution is -2.52. The van der Waals surface area contributed by atoms with Crippen molar-refractivity contribution in [3.05, 3.63) is 29.8 Å². The molecule has 0 radical (unpaired) electrons. The van der Waals surface area contributed by atoms with E-state index in [0.29, 0.717) is 12.0 Å². The maximum atomic E-state index is 12.1. The molecule has 2 aliphatic heterocycles. The van der Waals surface area contributed by atoms with Crippen LogP contribution in [0.1, 0.15) is 37.3 Å². The molecule has 0 aromatic heterocycles. The van der Waals surface area contributed by atoms with Crippen molar-refractivity contribution in [3.63, 3.8) is 0 Å². The minimum absolute atomic E-state index is 0.153. The Hall–Kier alpha value is -1.71. The van der Waals surface area contributed by atoms with Crippen LogP contribution < -0.4 is 5.73 Å². The molecule has 4 heteroatoms. The van der Waals surface area contributed by atoms with E-state index in [-0.39, 0.29) is 12.1 Å². The van der Waals surface area contributed by atoms with Gasteiger partial charge in [0.1, 0.15) is 0 Å². The first-order chi connectivity index (χ1) is 9.20. The third-order valence-corrected chi connectivity index (χ3v) is 4.54. The van der Waals surface area contributed by atoms with Crippen LogP contribution in [-0.4, -0.2) is 24.1 Å². The Morgan fingerprint density at radius 2 is 1.84 bits per heavy atom. The zero-order chi connectivity index (χ0) is 13.4. The van der Waals surface area contributed by atoms with Gasteiger partial charge in [0.25, 0.3) is 0 Å². The highest BCUT2D eigenvalue weighted by Crippen LogP contribution is 2.47. The fourth-order valence-corrected chi connectivity index (χ4v) is 3.64. The normalized spacial score (nSPS) is 29.3. The van der Waals surface area contributed by atoms with Crippen LogP contribution in [0.5, 0.6) is 0 Å². The second-order valence-electron chi connectivity index (χ2n) is 5.56. The molecular formula is C15H20N2O2. The van der Waals surface area contributed by atoms with E-state index in [1.54, 1.807) is 0 Å². The molecule has 3 fully saturated rings. The second kappa shape index (κ2) is 4.76. The predicted octanol–water partition coefficient (Wildman–Crippen LogP) is 2.95.